The van der Waals surface area contributed by atoms with E-state index in [9.17, 15) is 20.0 Å². The third kappa shape index (κ3) is 3.31. The van der Waals surface area contributed by atoms with Crippen LogP contribution in [0.4, 0.5) is 11.5 Å². The van der Waals surface area contributed by atoms with Crippen LogP contribution in [0.1, 0.15) is 31.2 Å². The number of nitrogens with zero attached hydrogens (tertiary/aromatic N) is 2. The minimum Gasteiger partial charge on any atom is -0.481 e. The molecule has 2 rings (SSSR count). The van der Waals surface area contributed by atoms with Crippen LogP contribution in [0, 0.1) is 23.0 Å². The lowest BCUT2D eigenvalue weighted by atomic mass is 9.84. The molecular formula is C13H16BrN3O4. The topological polar surface area (TPSA) is 105 Å². The number of hydrogen-bond donors (Lipinski definition) is 2. The number of aromatic nitrogens is 1. The smallest absolute Gasteiger partial charge is 0.308 e. The minimum absolute atomic E-state index is 0.0640. The Labute approximate surface area is 130 Å². The number of anilines is 1. The highest BCUT2D eigenvalue weighted by Gasteiger charge is 2.31. The van der Waals surface area contributed by atoms with Crippen LogP contribution in [0.15, 0.2) is 10.7 Å². The van der Waals surface area contributed by atoms with Gasteiger partial charge in [-0.1, -0.05) is 12.8 Å². The number of carbonyl (C=O) groups is 1. The second kappa shape index (κ2) is 6.38. The molecule has 1 aliphatic rings. The van der Waals surface area contributed by atoms with E-state index in [0.29, 0.717) is 22.3 Å². The van der Waals surface area contributed by atoms with E-state index in [-0.39, 0.29) is 11.7 Å². The second-order valence-corrected chi connectivity index (χ2v) is 5.96. The molecular weight excluding hydrogens is 342 g/mol. The maximum atomic E-state index is 11.3. The van der Waals surface area contributed by atoms with Gasteiger partial charge in [0.05, 0.1) is 15.3 Å². The molecule has 2 unspecified atom stereocenters. The SMILES string of the molecule is Cc1c([N+](=O)[O-])cnc(NC2CCCCC2C(=O)O)c1Br. The van der Waals surface area contributed by atoms with Crippen molar-refractivity contribution in [3.8, 4) is 0 Å². The molecule has 0 aromatic carbocycles. The Morgan fingerprint density at radius 1 is 1.52 bits per heavy atom. The van der Waals surface area contributed by atoms with Gasteiger partial charge < -0.3 is 10.4 Å². The van der Waals surface area contributed by atoms with Crippen LogP contribution in [-0.4, -0.2) is 27.0 Å². The van der Waals surface area contributed by atoms with E-state index in [1.807, 2.05) is 0 Å². The number of halogens is 1. The molecule has 1 aliphatic carbocycles. The van der Waals surface area contributed by atoms with Crippen molar-refractivity contribution in [3.63, 3.8) is 0 Å². The highest BCUT2D eigenvalue weighted by Crippen LogP contribution is 2.33. The van der Waals surface area contributed by atoms with Crippen LogP contribution in [0.2, 0.25) is 0 Å². The molecule has 2 atom stereocenters. The Morgan fingerprint density at radius 2 is 2.19 bits per heavy atom. The third-order valence-electron chi connectivity index (χ3n) is 3.84. The van der Waals surface area contributed by atoms with Gasteiger partial charge in [-0.3, -0.25) is 14.9 Å². The summed E-state index contributed by atoms with van der Waals surface area (Å²) in [4.78, 5) is 25.7. The summed E-state index contributed by atoms with van der Waals surface area (Å²) in [6.45, 7) is 1.63. The largest absolute Gasteiger partial charge is 0.481 e. The Balaban J connectivity index is 2.24. The maximum Gasteiger partial charge on any atom is 0.308 e. The molecule has 7 nitrogen and oxygen atoms in total. The van der Waals surface area contributed by atoms with E-state index in [1.165, 1.54) is 6.20 Å². The zero-order chi connectivity index (χ0) is 15.6. The Kier molecular flexibility index (Phi) is 4.76. The molecule has 0 bridgehead atoms. The number of rotatable bonds is 4. The second-order valence-electron chi connectivity index (χ2n) is 5.17. The Morgan fingerprint density at radius 3 is 2.81 bits per heavy atom. The average Bonchev–Trinajstić information content (AvgIpc) is 2.44. The number of carboxylic acid groups (broad SMARTS) is 1. The van der Waals surface area contributed by atoms with Gasteiger partial charge in [-0.25, -0.2) is 4.98 Å². The van der Waals surface area contributed by atoms with Gasteiger partial charge in [0.15, 0.2) is 0 Å². The van der Waals surface area contributed by atoms with E-state index < -0.39 is 16.8 Å². The van der Waals surface area contributed by atoms with Gasteiger partial charge in [-0.2, -0.15) is 0 Å². The maximum absolute atomic E-state index is 11.3. The summed E-state index contributed by atoms with van der Waals surface area (Å²) in [5.74, 6) is -0.818. The molecule has 0 spiro atoms. The van der Waals surface area contributed by atoms with Gasteiger partial charge in [0, 0.05) is 11.6 Å². The number of nitrogens with one attached hydrogen (secondary N) is 1. The number of hydrogen-bond acceptors (Lipinski definition) is 5. The van der Waals surface area contributed by atoms with Crippen molar-refractivity contribution < 1.29 is 14.8 Å². The van der Waals surface area contributed by atoms with Gasteiger partial charge >= 0.3 is 5.97 Å². The van der Waals surface area contributed by atoms with E-state index in [2.05, 4.69) is 26.2 Å². The molecule has 1 saturated carbocycles. The van der Waals surface area contributed by atoms with Gasteiger partial charge in [0.25, 0.3) is 5.69 Å². The molecule has 1 heterocycles. The summed E-state index contributed by atoms with van der Waals surface area (Å²) in [6, 6.07) is -0.207. The van der Waals surface area contributed by atoms with Crippen LogP contribution in [0.3, 0.4) is 0 Å². The fourth-order valence-electron chi connectivity index (χ4n) is 2.63. The minimum atomic E-state index is -0.818. The van der Waals surface area contributed by atoms with Crippen LogP contribution in [-0.2, 0) is 4.79 Å². The highest BCUT2D eigenvalue weighted by molar-refractivity contribution is 9.10. The van der Waals surface area contributed by atoms with Crippen molar-refractivity contribution in [1.82, 2.24) is 4.98 Å². The Hall–Kier alpha value is -1.70. The summed E-state index contributed by atoms with van der Waals surface area (Å²) in [7, 11) is 0. The van der Waals surface area contributed by atoms with Crippen molar-refractivity contribution in [1.29, 1.82) is 0 Å². The van der Waals surface area contributed by atoms with Crippen molar-refractivity contribution in [3.05, 3.63) is 26.3 Å². The molecule has 1 fully saturated rings. The van der Waals surface area contributed by atoms with Gasteiger partial charge in [0.2, 0.25) is 0 Å². The first-order valence-corrected chi connectivity index (χ1v) is 7.50. The van der Waals surface area contributed by atoms with E-state index in [4.69, 9.17) is 0 Å². The molecule has 8 heteroatoms. The summed E-state index contributed by atoms with van der Waals surface area (Å²) in [5.41, 5.74) is 0.408. The highest BCUT2D eigenvalue weighted by atomic mass is 79.9. The van der Waals surface area contributed by atoms with Crippen molar-refractivity contribution in [2.75, 3.05) is 5.32 Å². The quantitative estimate of drug-likeness (QED) is 0.633. The molecule has 0 saturated heterocycles. The zero-order valence-electron chi connectivity index (χ0n) is 11.5. The molecule has 2 N–H and O–H groups in total. The van der Waals surface area contributed by atoms with Gasteiger partial charge in [-0.05, 0) is 35.7 Å². The molecule has 0 amide bonds. The predicted octanol–water partition coefficient (Wildman–Crippen LogP) is 3.12. The predicted molar refractivity (Wildman–Crippen MR) is 80.3 cm³/mol. The number of carboxylic acids is 1. The fraction of sp³-hybridized carbons (Fsp3) is 0.538. The van der Waals surface area contributed by atoms with E-state index in [1.54, 1.807) is 6.92 Å². The van der Waals surface area contributed by atoms with Gasteiger partial charge in [-0.15, -0.1) is 0 Å². The molecule has 1 aromatic heterocycles. The molecule has 114 valence electrons. The van der Waals surface area contributed by atoms with E-state index >= 15 is 0 Å². The summed E-state index contributed by atoms with van der Waals surface area (Å²) in [6.07, 6.45) is 4.45. The third-order valence-corrected chi connectivity index (χ3v) is 4.81. The normalized spacial score (nSPS) is 21.8. The molecule has 1 aromatic rings. The van der Waals surface area contributed by atoms with E-state index in [0.717, 1.165) is 19.3 Å². The molecule has 0 aliphatic heterocycles. The fourth-order valence-corrected chi connectivity index (χ4v) is 3.05. The van der Waals surface area contributed by atoms with Crippen LogP contribution in [0.5, 0.6) is 0 Å². The average molecular weight is 358 g/mol. The molecule has 21 heavy (non-hydrogen) atoms. The summed E-state index contributed by atoms with van der Waals surface area (Å²) < 4.78 is 0.506. The Bertz CT molecular complexity index is 579. The van der Waals surface area contributed by atoms with Gasteiger partial charge in [0.1, 0.15) is 12.0 Å². The first-order valence-electron chi connectivity index (χ1n) is 6.70. The van der Waals surface area contributed by atoms with Crippen molar-refractivity contribution >= 4 is 33.4 Å². The summed E-state index contributed by atoms with van der Waals surface area (Å²) >= 11 is 3.31. The lowest BCUT2D eigenvalue weighted by Crippen LogP contribution is -2.37. The van der Waals surface area contributed by atoms with Crippen LogP contribution >= 0.6 is 15.9 Å². The van der Waals surface area contributed by atoms with Crippen LogP contribution < -0.4 is 5.32 Å². The first-order chi connectivity index (χ1) is 9.91. The monoisotopic (exact) mass is 357 g/mol. The lowest BCUT2D eigenvalue weighted by molar-refractivity contribution is -0.385. The van der Waals surface area contributed by atoms with Crippen molar-refractivity contribution in [2.45, 2.75) is 38.6 Å². The summed E-state index contributed by atoms with van der Waals surface area (Å²) in [5, 5.41) is 23.3. The molecule has 0 radical (unpaired) electrons. The standard InChI is InChI=1S/C13H16BrN3O4/c1-7-10(17(20)21)6-15-12(11(7)14)16-9-5-3-2-4-8(9)13(18)19/h6,8-9H,2-5H2,1H3,(H,15,16)(H,18,19). The first kappa shape index (κ1) is 15.7. The van der Waals surface area contributed by atoms with Crippen molar-refractivity contribution in [2.24, 2.45) is 5.92 Å². The lowest BCUT2D eigenvalue weighted by Gasteiger charge is -2.30. The zero-order valence-corrected chi connectivity index (χ0v) is 13.1. The number of aliphatic carboxylic acids is 1. The van der Waals surface area contributed by atoms with Crippen LogP contribution in [0.25, 0.3) is 0 Å². The number of pyridine rings is 1. The number of nitro groups is 1.